The molecule has 0 aliphatic carbocycles. The van der Waals surface area contributed by atoms with E-state index in [9.17, 15) is 9.90 Å². The Morgan fingerprint density at radius 1 is 1.29 bits per heavy atom. The molecule has 2 N–H and O–H groups in total. The Morgan fingerprint density at radius 3 is 2.86 bits per heavy atom. The Kier molecular flexibility index (Phi) is 4.75. The van der Waals surface area contributed by atoms with E-state index in [1.165, 1.54) is 0 Å². The van der Waals surface area contributed by atoms with Crippen LogP contribution in [0.15, 0.2) is 53.2 Å². The lowest BCUT2D eigenvalue weighted by Gasteiger charge is -2.35. The van der Waals surface area contributed by atoms with Crippen LogP contribution in [0.2, 0.25) is 0 Å². The van der Waals surface area contributed by atoms with Gasteiger partial charge in [-0.25, -0.2) is 0 Å². The molecule has 4 rings (SSSR count). The quantitative estimate of drug-likeness (QED) is 0.708. The van der Waals surface area contributed by atoms with E-state index in [4.69, 9.17) is 9.26 Å². The van der Waals surface area contributed by atoms with Crippen molar-refractivity contribution in [2.75, 3.05) is 25.7 Å². The molecule has 1 aliphatic heterocycles. The molecule has 0 unspecified atom stereocenters. The van der Waals surface area contributed by atoms with Gasteiger partial charge in [-0.05, 0) is 42.3 Å². The highest BCUT2D eigenvalue weighted by molar-refractivity contribution is 6.02. The second-order valence-electron chi connectivity index (χ2n) is 6.64. The molecule has 1 aromatic heterocycles. The highest BCUT2D eigenvalue weighted by Crippen LogP contribution is 2.33. The SMILES string of the molecule is COc1cccc([C@@H](CO)N2CNc3cc(-c4cnoc4C)ccc3C2=O)c1. The third-order valence-corrected chi connectivity index (χ3v) is 5.04. The van der Waals surface area contributed by atoms with Gasteiger partial charge in [0.05, 0.1) is 38.2 Å². The van der Waals surface area contributed by atoms with Crippen molar-refractivity contribution < 1.29 is 19.2 Å². The molecule has 0 spiro atoms. The average Bonchev–Trinajstić information content (AvgIpc) is 3.16. The van der Waals surface area contributed by atoms with Crippen LogP contribution in [0, 0.1) is 6.92 Å². The summed E-state index contributed by atoms with van der Waals surface area (Å²) < 4.78 is 10.4. The second-order valence-corrected chi connectivity index (χ2v) is 6.64. The number of nitrogens with one attached hydrogen (secondary N) is 1. The van der Waals surface area contributed by atoms with Crippen molar-refractivity contribution in [2.45, 2.75) is 13.0 Å². The van der Waals surface area contributed by atoms with Crippen molar-refractivity contribution in [3.63, 3.8) is 0 Å². The summed E-state index contributed by atoms with van der Waals surface area (Å²) in [6.45, 7) is 1.95. The van der Waals surface area contributed by atoms with Crippen molar-refractivity contribution in [3.8, 4) is 16.9 Å². The van der Waals surface area contributed by atoms with Crippen molar-refractivity contribution in [1.82, 2.24) is 10.1 Å². The number of aliphatic hydroxyl groups is 1. The van der Waals surface area contributed by atoms with Gasteiger partial charge in [0.25, 0.3) is 5.91 Å². The molecule has 1 amide bonds. The van der Waals surface area contributed by atoms with Crippen LogP contribution in [-0.4, -0.2) is 41.5 Å². The van der Waals surface area contributed by atoms with Crippen molar-refractivity contribution in [3.05, 3.63) is 65.5 Å². The summed E-state index contributed by atoms with van der Waals surface area (Å²) >= 11 is 0. The lowest BCUT2D eigenvalue weighted by atomic mass is 9.99. The van der Waals surface area contributed by atoms with E-state index in [1.54, 1.807) is 24.3 Å². The molecular weight excluding hydrogens is 358 g/mol. The van der Waals surface area contributed by atoms with Crippen LogP contribution >= 0.6 is 0 Å². The zero-order chi connectivity index (χ0) is 19.7. The first-order chi connectivity index (χ1) is 13.6. The fourth-order valence-electron chi connectivity index (χ4n) is 3.50. The predicted molar refractivity (Wildman–Crippen MR) is 104 cm³/mol. The van der Waals surface area contributed by atoms with E-state index in [0.29, 0.717) is 18.0 Å². The number of ether oxygens (including phenoxy) is 1. The van der Waals surface area contributed by atoms with Crippen LogP contribution in [0.1, 0.15) is 27.7 Å². The maximum absolute atomic E-state index is 13.1. The number of aliphatic hydroxyl groups excluding tert-OH is 1. The van der Waals surface area contributed by atoms with E-state index < -0.39 is 6.04 Å². The summed E-state index contributed by atoms with van der Waals surface area (Å²) in [5.74, 6) is 1.27. The Balaban J connectivity index is 1.65. The maximum Gasteiger partial charge on any atom is 0.257 e. The summed E-state index contributed by atoms with van der Waals surface area (Å²) in [7, 11) is 1.59. The van der Waals surface area contributed by atoms with Gasteiger partial charge in [0.1, 0.15) is 11.5 Å². The zero-order valence-corrected chi connectivity index (χ0v) is 15.7. The molecule has 1 atom stereocenters. The third kappa shape index (κ3) is 3.10. The summed E-state index contributed by atoms with van der Waals surface area (Å²) in [6.07, 6.45) is 1.67. The van der Waals surface area contributed by atoms with Gasteiger partial charge in [-0.1, -0.05) is 23.4 Å². The summed E-state index contributed by atoms with van der Waals surface area (Å²) in [6, 6.07) is 12.5. The number of methoxy groups -OCH3 is 1. The summed E-state index contributed by atoms with van der Waals surface area (Å²) in [5.41, 5.74) is 3.95. The molecule has 0 bridgehead atoms. The smallest absolute Gasteiger partial charge is 0.257 e. The number of carbonyl (C=O) groups excluding carboxylic acids is 1. The Hall–Kier alpha value is -3.32. The molecule has 2 heterocycles. The van der Waals surface area contributed by atoms with Crippen LogP contribution in [0.3, 0.4) is 0 Å². The molecule has 28 heavy (non-hydrogen) atoms. The number of hydrogen-bond donors (Lipinski definition) is 2. The Morgan fingerprint density at radius 2 is 2.14 bits per heavy atom. The fraction of sp³-hybridized carbons (Fsp3) is 0.238. The molecule has 2 aromatic carbocycles. The van der Waals surface area contributed by atoms with Crippen molar-refractivity contribution in [2.24, 2.45) is 0 Å². The monoisotopic (exact) mass is 379 g/mol. The third-order valence-electron chi connectivity index (χ3n) is 5.04. The zero-order valence-electron chi connectivity index (χ0n) is 15.7. The van der Waals surface area contributed by atoms with Gasteiger partial charge in [0.2, 0.25) is 0 Å². The van der Waals surface area contributed by atoms with E-state index in [1.807, 2.05) is 43.3 Å². The number of aromatic nitrogens is 1. The van der Waals surface area contributed by atoms with Gasteiger partial charge in [-0.2, -0.15) is 0 Å². The molecule has 7 heteroatoms. The molecule has 144 valence electrons. The normalized spacial score (nSPS) is 14.4. The van der Waals surface area contributed by atoms with Gasteiger partial charge in [0, 0.05) is 11.3 Å². The minimum Gasteiger partial charge on any atom is -0.497 e. The van der Waals surface area contributed by atoms with Crippen LogP contribution < -0.4 is 10.1 Å². The molecule has 7 nitrogen and oxygen atoms in total. The van der Waals surface area contributed by atoms with Crippen LogP contribution in [0.5, 0.6) is 5.75 Å². The largest absolute Gasteiger partial charge is 0.497 e. The van der Waals surface area contributed by atoms with Crippen molar-refractivity contribution in [1.29, 1.82) is 0 Å². The lowest BCUT2D eigenvalue weighted by Crippen LogP contribution is -2.43. The van der Waals surface area contributed by atoms with Crippen LogP contribution in [0.25, 0.3) is 11.1 Å². The number of carbonyl (C=O) groups is 1. The van der Waals surface area contributed by atoms with Gasteiger partial charge >= 0.3 is 0 Å². The van der Waals surface area contributed by atoms with E-state index in [2.05, 4.69) is 10.5 Å². The Bertz CT molecular complexity index is 1010. The van der Waals surface area contributed by atoms with Gasteiger partial charge in [-0.15, -0.1) is 0 Å². The highest BCUT2D eigenvalue weighted by Gasteiger charge is 2.31. The highest BCUT2D eigenvalue weighted by atomic mass is 16.5. The number of rotatable bonds is 5. The standard InChI is InChI=1S/C21H21N3O4/c1-13-18(10-23-28-13)14-6-7-17-19(9-14)22-12-24(21(17)26)20(11-25)15-4-3-5-16(8-15)27-2/h3-10,20,22,25H,11-12H2,1-2H3/t20-/m1/s1. The molecule has 0 radical (unpaired) electrons. The maximum atomic E-state index is 13.1. The van der Waals surface area contributed by atoms with E-state index in [-0.39, 0.29) is 12.5 Å². The number of anilines is 1. The number of benzene rings is 2. The van der Waals surface area contributed by atoms with Crippen molar-refractivity contribution >= 4 is 11.6 Å². The van der Waals surface area contributed by atoms with Gasteiger partial charge in [-0.3, -0.25) is 4.79 Å². The summed E-state index contributed by atoms with van der Waals surface area (Å²) in [4.78, 5) is 14.7. The van der Waals surface area contributed by atoms with E-state index >= 15 is 0 Å². The second kappa shape index (κ2) is 7.36. The predicted octanol–water partition coefficient (Wildman–Crippen LogP) is 3.22. The van der Waals surface area contributed by atoms with Gasteiger partial charge < -0.3 is 24.6 Å². The molecular formula is C21H21N3O4. The molecule has 3 aromatic rings. The number of aryl methyl sites for hydroxylation is 1. The van der Waals surface area contributed by atoms with Crippen LogP contribution in [-0.2, 0) is 0 Å². The first kappa shape index (κ1) is 18.1. The Labute approximate surface area is 162 Å². The first-order valence-electron chi connectivity index (χ1n) is 8.97. The lowest BCUT2D eigenvalue weighted by molar-refractivity contribution is 0.0597. The molecule has 0 saturated carbocycles. The average molecular weight is 379 g/mol. The number of nitrogens with zero attached hydrogens (tertiary/aromatic N) is 2. The topological polar surface area (TPSA) is 87.8 Å². The van der Waals surface area contributed by atoms with E-state index in [0.717, 1.165) is 28.1 Å². The summed E-state index contributed by atoms with van der Waals surface area (Å²) in [5, 5.41) is 17.1. The number of fused-ring (bicyclic) bond motifs is 1. The first-order valence-corrected chi connectivity index (χ1v) is 8.97. The number of hydrogen-bond acceptors (Lipinski definition) is 6. The molecule has 1 aliphatic rings. The fourth-order valence-corrected chi connectivity index (χ4v) is 3.50. The minimum absolute atomic E-state index is 0.135. The van der Waals surface area contributed by atoms with Crippen LogP contribution in [0.4, 0.5) is 5.69 Å². The van der Waals surface area contributed by atoms with Gasteiger partial charge in [0.15, 0.2) is 0 Å². The number of amides is 1. The molecule has 0 fully saturated rings. The minimum atomic E-state index is -0.469. The molecule has 0 saturated heterocycles.